The molecule has 7 nitrogen and oxygen atoms in total. The average molecular weight is 310 g/mol. The number of amides is 2. The molecule has 0 atom stereocenters. The molecule has 8 heteroatoms. The van der Waals surface area contributed by atoms with Crippen LogP contribution >= 0.6 is 11.3 Å². The molecule has 2 heterocycles. The fraction of sp³-hybridized carbons (Fsp3) is 0.462. The van der Waals surface area contributed by atoms with Crippen LogP contribution in [0.1, 0.15) is 4.88 Å². The molecule has 0 radical (unpaired) electrons. The Morgan fingerprint density at radius 1 is 1.38 bits per heavy atom. The minimum Gasteiger partial charge on any atom is -0.379 e. The van der Waals surface area contributed by atoms with Gasteiger partial charge in [-0.05, 0) is 11.4 Å². The van der Waals surface area contributed by atoms with E-state index in [1.54, 1.807) is 0 Å². The Morgan fingerprint density at radius 2 is 2.19 bits per heavy atom. The number of hydrazone groups is 1. The first-order valence-corrected chi connectivity index (χ1v) is 7.58. The first-order valence-electron chi connectivity index (χ1n) is 6.70. The zero-order chi connectivity index (χ0) is 14.9. The lowest BCUT2D eigenvalue weighted by molar-refractivity contribution is -0.139. The van der Waals surface area contributed by atoms with E-state index in [1.165, 1.54) is 17.6 Å². The number of carbonyl (C=O) groups is 2. The summed E-state index contributed by atoms with van der Waals surface area (Å²) < 4.78 is 5.23. The van der Waals surface area contributed by atoms with Crippen molar-refractivity contribution < 1.29 is 14.3 Å². The highest BCUT2D eigenvalue weighted by Gasteiger charge is 2.14. The molecule has 2 amide bonds. The van der Waals surface area contributed by atoms with Crippen molar-refractivity contribution in [2.45, 2.75) is 0 Å². The van der Waals surface area contributed by atoms with E-state index in [2.05, 4.69) is 20.7 Å². The number of hydrogen-bond acceptors (Lipinski definition) is 6. The predicted molar refractivity (Wildman–Crippen MR) is 80.3 cm³/mol. The number of morpholine rings is 1. The molecule has 1 aromatic heterocycles. The highest BCUT2D eigenvalue weighted by Crippen LogP contribution is 2.03. The minimum atomic E-state index is -0.759. The molecule has 0 aromatic carbocycles. The number of nitrogens with one attached hydrogen (secondary N) is 2. The number of nitrogens with zero attached hydrogens (tertiary/aromatic N) is 2. The van der Waals surface area contributed by atoms with Crippen molar-refractivity contribution in [3.8, 4) is 0 Å². The average Bonchev–Trinajstić information content (AvgIpc) is 3.01. The summed E-state index contributed by atoms with van der Waals surface area (Å²) in [6, 6.07) is 3.74. The van der Waals surface area contributed by atoms with Crippen molar-refractivity contribution in [3.63, 3.8) is 0 Å². The molecule has 2 rings (SSSR count). The van der Waals surface area contributed by atoms with Crippen molar-refractivity contribution in [1.82, 2.24) is 15.6 Å². The Bertz CT molecular complexity index is 484. The van der Waals surface area contributed by atoms with Crippen LogP contribution in [0.4, 0.5) is 0 Å². The van der Waals surface area contributed by atoms with E-state index < -0.39 is 11.8 Å². The zero-order valence-corrected chi connectivity index (χ0v) is 12.4. The number of rotatable bonds is 5. The van der Waals surface area contributed by atoms with Gasteiger partial charge in [-0.15, -0.1) is 11.3 Å². The van der Waals surface area contributed by atoms with Gasteiger partial charge in [0.1, 0.15) is 0 Å². The molecule has 0 saturated carbocycles. The summed E-state index contributed by atoms with van der Waals surface area (Å²) in [6.45, 7) is 4.28. The number of ether oxygens (including phenoxy) is 1. The molecule has 114 valence electrons. The molecule has 1 aliphatic heterocycles. The van der Waals surface area contributed by atoms with Crippen LogP contribution in [0.3, 0.4) is 0 Å². The molecule has 1 saturated heterocycles. The monoisotopic (exact) mass is 310 g/mol. The summed E-state index contributed by atoms with van der Waals surface area (Å²) in [5.41, 5.74) is 2.20. The maximum absolute atomic E-state index is 11.5. The van der Waals surface area contributed by atoms with Gasteiger partial charge in [0.05, 0.1) is 19.4 Å². The van der Waals surface area contributed by atoms with E-state index in [-0.39, 0.29) is 0 Å². The van der Waals surface area contributed by atoms with Crippen molar-refractivity contribution >= 4 is 29.4 Å². The summed E-state index contributed by atoms with van der Waals surface area (Å²) in [5.74, 6) is -1.43. The molecule has 2 N–H and O–H groups in total. The third-order valence-corrected chi connectivity index (χ3v) is 3.73. The summed E-state index contributed by atoms with van der Waals surface area (Å²) >= 11 is 1.50. The van der Waals surface area contributed by atoms with Crippen LogP contribution in [0.5, 0.6) is 0 Å². The van der Waals surface area contributed by atoms with Gasteiger partial charge in [0, 0.05) is 31.1 Å². The van der Waals surface area contributed by atoms with Gasteiger partial charge in [-0.3, -0.25) is 14.5 Å². The second-order valence-electron chi connectivity index (χ2n) is 4.42. The van der Waals surface area contributed by atoms with E-state index in [1.807, 2.05) is 17.5 Å². The lowest BCUT2D eigenvalue weighted by Crippen LogP contribution is -2.44. The van der Waals surface area contributed by atoms with Crippen molar-refractivity contribution in [2.24, 2.45) is 5.10 Å². The molecule has 1 aliphatic rings. The van der Waals surface area contributed by atoms with Crippen LogP contribution in [0.15, 0.2) is 22.6 Å². The van der Waals surface area contributed by atoms with Crippen LogP contribution in [0.25, 0.3) is 0 Å². The van der Waals surface area contributed by atoms with Crippen LogP contribution in [0.2, 0.25) is 0 Å². The van der Waals surface area contributed by atoms with Crippen LogP contribution in [0, 0.1) is 0 Å². The number of carbonyl (C=O) groups excluding carboxylic acids is 2. The Kier molecular flexibility index (Phi) is 6.32. The quantitative estimate of drug-likeness (QED) is 0.442. The van der Waals surface area contributed by atoms with E-state index >= 15 is 0 Å². The lowest BCUT2D eigenvalue weighted by Gasteiger charge is -2.26. The molecule has 21 heavy (non-hydrogen) atoms. The lowest BCUT2D eigenvalue weighted by atomic mass is 10.4. The van der Waals surface area contributed by atoms with E-state index in [9.17, 15) is 9.59 Å². The third kappa shape index (κ3) is 5.62. The van der Waals surface area contributed by atoms with Gasteiger partial charge in [-0.1, -0.05) is 6.07 Å². The fourth-order valence-electron chi connectivity index (χ4n) is 1.80. The van der Waals surface area contributed by atoms with E-state index in [0.717, 1.165) is 18.0 Å². The largest absolute Gasteiger partial charge is 0.379 e. The topological polar surface area (TPSA) is 83.0 Å². The van der Waals surface area contributed by atoms with Gasteiger partial charge in [0.15, 0.2) is 0 Å². The van der Waals surface area contributed by atoms with Crippen molar-refractivity contribution in [3.05, 3.63) is 22.4 Å². The highest BCUT2D eigenvalue weighted by atomic mass is 32.1. The van der Waals surface area contributed by atoms with Crippen LogP contribution in [-0.4, -0.2) is 62.3 Å². The van der Waals surface area contributed by atoms with E-state index in [0.29, 0.717) is 26.3 Å². The first-order chi connectivity index (χ1) is 10.3. The molecule has 1 fully saturated rings. The SMILES string of the molecule is O=C(NCCN1CCOCC1)C(=O)NN=Cc1cccs1. The Labute approximate surface area is 127 Å². The molecular formula is C13H18N4O3S. The van der Waals surface area contributed by atoms with Gasteiger partial charge in [-0.2, -0.15) is 5.10 Å². The van der Waals surface area contributed by atoms with Gasteiger partial charge in [0.2, 0.25) is 0 Å². The molecular weight excluding hydrogens is 292 g/mol. The second kappa shape index (κ2) is 8.50. The van der Waals surface area contributed by atoms with Gasteiger partial charge in [-0.25, -0.2) is 5.43 Å². The van der Waals surface area contributed by atoms with E-state index in [4.69, 9.17) is 4.74 Å². The Balaban J connectivity index is 1.62. The maximum Gasteiger partial charge on any atom is 0.329 e. The highest BCUT2D eigenvalue weighted by molar-refractivity contribution is 7.11. The Hall–Kier alpha value is -1.77. The maximum atomic E-state index is 11.5. The Morgan fingerprint density at radius 3 is 2.90 bits per heavy atom. The first kappa shape index (κ1) is 15.6. The predicted octanol–water partition coefficient (Wildman–Crippen LogP) is -0.353. The molecule has 1 aromatic rings. The standard InChI is InChI=1S/C13H18N4O3S/c18-12(14-3-4-17-5-7-20-8-6-17)13(19)16-15-10-11-2-1-9-21-11/h1-2,9-10H,3-8H2,(H,14,18)(H,16,19). The van der Waals surface area contributed by atoms with Crippen molar-refractivity contribution in [2.75, 3.05) is 39.4 Å². The van der Waals surface area contributed by atoms with Gasteiger partial charge < -0.3 is 10.1 Å². The molecule has 0 spiro atoms. The summed E-state index contributed by atoms with van der Waals surface area (Å²) in [7, 11) is 0. The summed E-state index contributed by atoms with van der Waals surface area (Å²) in [6.07, 6.45) is 1.50. The summed E-state index contributed by atoms with van der Waals surface area (Å²) in [4.78, 5) is 26.1. The smallest absolute Gasteiger partial charge is 0.329 e. The zero-order valence-electron chi connectivity index (χ0n) is 11.6. The number of hydrogen-bond donors (Lipinski definition) is 2. The van der Waals surface area contributed by atoms with Gasteiger partial charge >= 0.3 is 11.8 Å². The molecule has 0 bridgehead atoms. The molecule has 0 aliphatic carbocycles. The summed E-state index contributed by atoms with van der Waals surface area (Å²) in [5, 5.41) is 8.20. The fourth-order valence-corrected chi connectivity index (χ4v) is 2.39. The van der Waals surface area contributed by atoms with Crippen molar-refractivity contribution in [1.29, 1.82) is 0 Å². The number of thiophene rings is 1. The minimum absolute atomic E-state index is 0.431. The normalized spacial score (nSPS) is 16.0. The third-order valence-electron chi connectivity index (χ3n) is 2.92. The molecule has 0 unspecified atom stereocenters. The van der Waals surface area contributed by atoms with Crippen LogP contribution in [-0.2, 0) is 14.3 Å². The van der Waals surface area contributed by atoms with Gasteiger partial charge in [0.25, 0.3) is 0 Å². The second-order valence-corrected chi connectivity index (χ2v) is 5.40. The van der Waals surface area contributed by atoms with Crippen LogP contribution < -0.4 is 10.7 Å².